The number of piperidine rings is 1. The second-order valence-corrected chi connectivity index (χ2v) is 4.00. The topological polar surface area (TPSA) is 49.5 Å². The van der Waals surface area contributed by atoms with Crippen molar-refractivity contribution in [2.75, 3.05) is 26.3 Å². The van der Waals surface area contributed by atoms with Crippen molar-refractivity contribution in [3.63, 3.8) is 0 Å². The highest BCUT2D eigenvalue weighted by molar-refractivity contribution is 4.81. The van der Waals surface area contributed by atoms with E-state index in [2.05, 4.69) is 6.92 Å². The summed E-state index contributed by atoms with van der Waals surface area (Å²) in [6.45, 7) is 3.58. The molecule has 0 spiro atoms. The number of aliphatic hydroxyl groups excluding tert-OH is 1. The van der Waals surface area contributed by atoms with Crippen molar-refractivity contribution in [1.82, 2.24) is 4.90 Å². The van der Waals surface area contributed by atoms with E-state index in [0.29, 0.717) is 12.5 Å². The molecule has 0 radical (unpaired) electrons. The lowest BCUT2D eigenvalue weighted by Crippen LogP contribution is -2.49. The van der Waals surface area contributed by atoms with Crippen LogP contribution in [-0.4, -0.2) is 48.5 Å². The van der Waals surface area contributed by atoms with E-state index in [4.69, 9.17) is 10.8 Å². The van der Waals surface area contributed by atoms with Crippen LogP contribution < -0.4 is 5.73 Å². The van der Waals surface area contributed by atoms with Crippen LogP contribution in [0.5, 0.6) is 0 Å². The summed E-state index contributed by atoms with van der Waals surface area (Å²) in [5, 5.41) is 9.10. The van der Waals surface area contributed by atoms with Gasteiger partial charge in [0.25, 0.3) is 0 Å². The zero-order valence-electron chi connectivity index (χ0n) is 8.12. The van der Waals surface area contributed by atoms with Gasteiger partial charge in [-0.25, -0.2) is 4.39 Å². The minimum atomic E-state index is -0.847. The Kier molecular flexibility index (Phi) is 4.09. The smallest absolute Gasteiger partial charge is 0.117 e. The lowest BCUT2D eigenvalue weighted by atomic mass is 9.94. The molecule has 0 aliphatic carbocycles. The molecule has 1 aliphatic heterocycles. The van der Waals surface area contributed by atoms with Crippen LogP contribution in [0.1, 0.15) is 13.3 Å². The highest BCUT2D eigenvalue weighted by Gasteiger charge is 2.24. The fourth-order valence-electron chi connectivity index (χ4n) is 1.68. The van der Waals surface area contributed by atoms with Gasteiger partial charge in [0.05, 0.1) is 6.10 Å². The molecule has 4 heteroatoms. The summed E-state index contributed by atoms with van der Waals surface area (Å²) in [7, 11) is 0. The van der Waals surface area contributed by atoms with Crippen molar-refractivity contribution in [3.8, 4) is 0 Å². The van der Waals surface area contributed by atoms with Crippen molar-refractivity contribution in [2.45, 2.75) is 25.5 Å². The molecule has 1 rings (SSSR count). The number of nitrogens with zero attached hydrogens (tertiary/aromatic N) is 1. The van der Waals surface area contributed by atoms with Crippen LogP contribution in [0.15, 0.2) is 0 Å². The maximum absolute atomic E-state index is 12.0. The third-order valence-electron chi connectivity index (χ3n) is 2.75. The first-order valence-corrected chi connectivity index (χ1v) is 4.85. The van der Waals surface area contributed by atoms with Gasteiger partial charge in [-0.05, 0) is 18.9 Å². The zero-order valence-corrected chi connectivity index (χ0v) is 8.12. The van der Waals surface area contributed by atoms with Crippen LogP contribution in [0.3, 0.4) is 0 Å². The molecule has 1 fully saturated rings. The van der Waals surface area contributed by atoms with Crippen LogP contribution >= 0.6 is 0 Å². The van der Waals surface area contributed by atoms with E-state index < -0.39 is 12.8 Å². The van der Waals surface area contributed by atoms with Gasteiger partial charge in [-0.15, -0.1) is 0 Å². The van der Waals surface area contributed by atoms with Gasteiger partial charge in [-0.1, -0.05) is 6.92 Å². The molecule has 3 nitrogen and oxygen atoms in total. The van der Waals surface area contributed by atoms with Crippen LogP contribution in [0.25, 0.3) is 0 Å². The Hall–Kier alpha value is -0.190. The van der Waals surface area contributed by atoms with Gasteiger partial charge >= 0.3 is 0 Å². The molecule has 0 aromatic rings. The molecule has 0 saturated carbocycles. The van der Waals surface area contributed by atoms with Crippen LogP contribution in [-0.2, 0) is 0 Å². The van der Waals surface area contributed by atoms with E-state index in [1.165, 1.54) is 0 Å². The third-order valence-corrected chi connectivity index (χ3v) is 2.75. The van der Waals surface area contributed by atoms with Crippen molar-refractivity contribution < 1.29 is 9.50 Å². The van der Waals surface area contributed by atoms with Gasteiger partial charge in [0.2, 0.25) is 0 Å². The van der Waals surface area contributed by atoms with E-state index >= 15 is 0 Å². The molecule has 1 unspecified atom stereocenters. The number of alkyl halides is 1. The Labute approximate surface area is 78.7 Å². The first-order chi connectivity index (χ1) is 6.13. The Morgan fingerprint density at radius 3 is 2.92 bits per heavy atom. The standard InChI is InChI=1S/C9H19FN2O/c1-7-2-3-12(6-9(7)11)5-8(13)4-10/h7-9,13H,2-6,11H2,1H3/t7-,8?,9+/m1/s1. The SMILES string of the molecule is C[C@@H]1CCN(CC(O)CF)C[C@@H]1N. The number of nitrogens with two attached hydrogens (primary N) is 1. The fraction of sp³-hybridized carbons (Fsp3) is 1.00. The largest absolute Gasteiger partial charge is 0.389 e. The van der Waals surface area contributed by atoms with Gasteiger partial charge in [0.1, 0.15) is 6.67 Å². The molecule has 3 atom stereocenters. The van der Waals surface area contributed by atoms with Crippen molar-refractivity contribution in [1.29, 1.82) is 0 Å². The number of likely N-dealkylation sites (tertiary alicyclic amines) is 1. The molecule has 78 valence electrons. The average Bonchev–Trinajstić information content (AvgIpc) is 2.11. The van der Waals surface area contributed by atoms with Gasteiger partial charge in [0, 0.05) is 19.1 Å². The van der Waals surface area contributed by atoms with Crippen molar-refractivity contribution >= 4 is 0 Å². The molecule has 3 N–H and O–H groups in total. The molecular formula is C9H19FN2O. The normalized spacial score (nSPS) is 33.2. The molecular weight excluding hydrogens is 171 g/mol. The van der Waals surface area contributed by atoms with E-state index in [-0.39, 0.29) is 6.04 Å². The van der Waals surface area contributed by atoms with E-state index in [0.717, 1.165) is 19.5 Å². The monoisotopic (exact) mass is 190 g/mol. The Bertz CT molecular complexity index is 155. The Morgan fingerprint density at radius 1 is 1.69 bits per heavy atom. The highest BCUT2D eigenvalue weighted by Crippen LogP contribution is 2.15. The summed E-state index contributed by atoms with van der Waals surface area (Å²) in [6, 6.07) is 0.167. The Balaban J connectivity index is 2.29. The van der Waals surface area contributed by atoms with Crippen LogP contribution in [0, 0.1) is 5.92 Å². The zero-order chi connectivity index (χ0) is 9.84. The van der Waals surface area contributed by atoms with Gasteiger partial charge in [-0.3, -0.25) is 4.90 Å². The second-order valence-electron chi connectivity index (χ2n) is 4.00. The van der Waals surface area contributed by atoms with Crippen LogP contribution in [0.4, 0.5) is 4.39 Å². The molecule has 1 heterocycles. The lowest BCUT2D eigenvalue weighted by Gasteiger charge is -2.35. The third kappa shape index (κ3) is 3.21. The first kappa shape index (κ1) is 10.9. The number of β-amino-alcohol motifs (C(OH)–C–C–N with tert-alkyl or cyclic N) is 1. The molecule has 13 heavy (non-hydrogen) atoms. The number of aliphatic hydroxyl groups is 1. The highest BCUT2D eigenvalue weighted by atomic mass is 19.1. The summed E-state index contributed by atoms with van der Waals surface area (Å²) < 4.78 is 12.0. The Morgan fingerprint density at radius 2 is 2.38 bits per heavy atom. The van der Waals surface area contributed by atoms with Crippen LogP contribution in [0.2, 0.25) is 0 Å². The number of hydrogen-bond donors (Lipinski definition) is 2. The first-order valence-electron chi connectivity index (χ1n) is 4.85. The molecule has 0 aromatic heterocycles. The molecule has 0 bridgehead atoms. The number of rotatable bonds is 3. The summed E-state index contributed by atoms with van der Waals surface area (Å²) in [5.41, 5.74) is 5.87. The van der Waals surface area contributed by atoms with E-state index in [9.17, 15) is 4.39 Å². The maximum Gasteiger partial charge on any atom is 0.117 e. The minimum Gasteiger partial charge on any atom is -0.389 e. The van der Waals surface area contributed by atoms with Crippen molar-refractivity contribution in [3.05, 3.63) is 0 Å². The van der Waals surface area contributed by atoms with Gasteiger partial charge in [0.15, 0.2) is 0 Å². The number of hydrogen-bond acceptors (Lipinski definition) is 3. The predicted octanol–water partition coefficient (Wildman–Crippen LogP) is -0.0141. The van der Waals surface area contributed by atoms with E-state index in [1.54, 1.807) is 0 Å². The maximum atomic E-state index is 12.0. The fourth-order valence-corrected chi connectivity index (χ4v) is 1.68. The second kappa shape index (κ2) is 4.88. The van der Waals surface area contributed by atoms with Gasteiger partial charge < -0.3 is 10.8 Å². The quantitative estimate of drug-likeness (QED) is 0.658. The summed E-state index contributed by atoms with van der Waals surface area (Å²) in [6.07, 6.45) is 0.195. The summed E-state index contributed by atoms with van der Waals surface area (Å²) >= 11 is 0. The molecule has 1 aliphatic rings. The number of halogens is 1. The van der Waals surface area contributed by atoms with Crippen molar-refractivity contribution in [2.24, 2.45) is 11.7 Å². The lowest BCUT2D eigenvalue weighted by molar-refractivity contribution is 0.0678. The molecule has 0 aromatic carbocycles. The predicted molar refractivity (Wildman–Crippen MR) is 50.2 cm³/mol. The minimum absolute atomic E-state index is 0.167. The molecule has 0 amide bonds. The molecule has 1 saturated heterocycles. The van der Waals surface area contributed by atoms with Gasteiger partial charge in [-0.2, -0.15) is 0 Å². The summed E-state index contributed by atoms with van der Waals surface area (Å²) in [5.74, 6) is 0.541. The van der Waals surface area contributed by atoms with E-state index in [1.807, 2.05) is 4.90 Å². The summed E-state index contributed by atoms with van der Waals surface area (Å²) in [4.78, 5) is 2.04. The average molecular weight is 190 g/mol.